The van der Waals surface area contributed by atoms with E-state index in [1.807, 2.05) is 45.9 Å². The number of ether oxygens (including phenoxy) is 1. The van der Waals surface area contributed by atoms with Gasteiger partial charge in [0.25, 0.3) is 0 Å². The van der Waals surface area contributed by atoms with Crippen LogP contribution < -0.4 is 0 Å². The number of carbonyl (C=O) groups is 1. The predicted molar refractivity (Wildman–Crippen MR) is 78.8 cm³/mol. The lowest BCUT2D eigenvalue weighted by Gasteiger charge is -2.19. The van der Waals surface area contributed by atoms with E-state index in [1.54, 1.807) is 0 Å². The van der Waals surface area contributed by atoms with E-state index < -0.39 is 11.7 Å². The van der Waals surface area contributed by atoms with Crippen molar-refractivity contribution in [3.8, 4) is 0 Å². The molecule has 1 heterocycles. The van der Waals surface area contributed by atoms with Crippen LogP contribution in [0.2, 0.25) is 0 Å². The van der Waals surface area contributed by atoms with Crippen molar-refractivity contribution in [1.29, 1.82) is 0 Å². The van der Waals surface area contributed by atoms with Gasteiger partial charge in [-0.05, 0) is 61.9 Å². The topological polar surface area (TPSA) is 44.1 Å². The average molecular weight is 358 g/mol. The van der Waals surface area contributed by atoms with Gasteiger partial charge in [-0.25, -0.2) is 4.79 Å². The summed E-state index contributed by atoms with van der Waals surface area (Å²) in [4.78, 5) is 12.1. The smallest absolute Gasteiger partial charge is 0.435 e. The molecule has 0 atom stereocenters. The van der Waals surface area contributed by atoms with Crippen molar-refractivity contribution in [2.45, 2.75) is 33.3 Å². The first-order valence-electron chi connectivity index (χ1n) is 5.67. The Balaban J connectivity index is 2.53. The third-order valence-electron chi connectivity index (χ3n) is 2.44. The fraction of sp³-hybridized carbons (Fsp3) is 0.385. The third-order valence-corrected chi connectivity index (χ3v) is 3.19. The standard InChI is InChI=1S/C13H15IN2O2/c1-8-6-5-7-9-10(8)11(14)15-16(9)12(17)18-13(2,3)4/h5-7H,1-4H3. The van der Waals surface area contributed by atoms with Crippen LogP contribution in [0.3, 0.4) is 0 Å². The van der Waals surface area contributed by atoms with E-state index in [0.29, 0.717) is 0 Å². The molecule has 0 saturated heterocycles. The molecule has 5 heteroatoms. The number of rotatable bonds is 0. The maximum absolute atomic E-state index is 12.1. The van der Waals surface area contributed by atoms with E-state index in [4.69, 9.17) is 4.74 Å². The fourth-order valence-electron chi connectivity index (χ4n) is 1.73. The molecule has 0 unspecified atom stereocenters. The highest BCUT2D eigenvalue weighted by molar-refractivity contribution is 14.1. The molecule has 0 saturated carbocycles. The third kappa shape index (κ3) is 2.50. The van der Waals surface area contributed by atoms with Crippen LogP contribution >= 0.6 is 22.6 Å². The Hall–Kier alpha value is -1.11. The molecule has 2 aromatic rings. The van der Waals surface area contributed by atoms with Crippen LogP contribution in [-0.2, 0) is 4.74 Å². The number of carbonyl (C=O) groups excluding carboxylic acids is 1. The molecule has 96 valence electrons. The van der Waals surface area contributed by atoms with E-state index in [9.17, 15) is 4.79 Å². The average Bonchev–Trinajstić information content (AvgIpc) is 2.55. The molecule has 0 aliphatic rings. The summed E-state index contributed by atoms with van der Waals surface area (Å²) < 4.78 is 7.48. The van der Waals surface area contributed by atoms with E-state index in [1.165, 1.54) is 4.68 Å². The Morgan fingerprint density at radius 3 is 2.67 bits per heavy atom. The number of halogens is 1. The monoisotopic (exact) mass is 358 g/mol. The SMILES string of the molecule is Cc1cccc2c1c(I)nn2C(=O)OC(C)(C)C. The second kappa shape index (κ2) is 4.53. The maximum Gasteiger partial charge on any atom is 0.435 e. The van der Waals surface area contributed by atoms with Gasteiger partial charge in [0.05, 0.1) is 5.52 Å². The molecular formula is C13H15IN2O2. The molecule has 0 N–H and O–H groups in total. The van der Waals surface area contributed by atoms with Crippen molar-refractivity contribution in [1.82, 2.24) is 9.78 Å². The summed E-state index contributed by atoms with van der Waals surface area (Å²) in [5, 5.41) is 5.27. The second-order valence-electron chi connectivity index (χ2n) is 5.15. The van der Waals surface area contributed by atoms with Gasteiger partial charge >= 0.3 is 6.09 Å². The molecular weight excluding hydrogens is 343 g/mol. The van der Waals surface area contributed by atoms with Crippen LogP contribution in [0.5, 0.6) is 0 Å². The number of hydrogen-bond acceptors (Lipinski definition) is 3. The zero-order valence-corrected chi connectivity index (χ0v) is 13.0. The van der Waals surface area contributed by atoms with Crippen LogP contribution in [0, 0.1) is 10.6 Å². The van der Waals surface area contributed by atoms with Gasteiger partial charge in [-0.1, -0.05) is 12.1 Å². The quantitative estimate of drug-likeness (QED) is 0.674. The molecule has 1 aromatic heterocycles. The van der Waals surface area contributed by atoms with E-state index >= 15 is 0 Å². The summed E-state index contributed by atoms with van der Waals surface area (Å²) in [5.41, 5.74) is 1.37. The van der Waals surface area contributed by atoms with Crippen molar-refractivity contribution in [2.75, 3.05) is 0 Å². The highest BCUT2D eigenvalue weighted by atomic mass is 127. The summed E-state index contributed by atoms with van der Waals surface area (Å²) in [5.74, 6) is 0. The minimum Gasteiger partial charge on any atom is -0.442 e. The summed E-state index contributed by atoms with van der Waals surface area (Å²) in [6.45, 7) is 7.53. The number of hydrogen-bond donors (Lipinski definition) is 0. The summed E-state index contributed by atoms with van der Waals surface area (Å²) in [6, 6.07) is 5.79. The molecule has 0 aliphatic carbocycles. The highest BCUT2D eigenvalue weighted by Gasteiger charge is 2.21. The van der Waals surface area contributed by atoms with E-state index in [2.05, 4.69) is 27.7 Å². The molecule has 1 aromatic carbocycles. The zero-order chi connectivity index (χ0) is 13.5. The molecule has 0 radical (unpaired) electrons. The minimum atomic E-state index is -0.523. The van der Waals surface area contributed by atoms with E-state index in [0.717, 1.165) is 20.2 Å². The Labute approximate surface area is 119 Å². The Morgan fingerprint density at radius 2 is 2.06 bits per heavy atom. The molecule has 0 bridgehead atoms. The first-order chi connectivity index (χ1) is 8.29. The number of benzene rings is 1. The molecule has 18 heavy (non-hydrogen) atoms. The van der Waals surface area contributed by atoms with Gasteiger partial charge in [0.15, 0.2) is 0 Å². The summed E-state index contributed by atoms with van der Waals surface area (Å²) >= 11 is 2.14. The molecule has 0 amide bonds. The fourth-order valence-corrected chi connectivity index (χ4v) is 2.65. The van der Waals surface area contributed by atoms with E-state index in [-0.39, 0.29) is 0 Å². The molecule has 4 nitrogen and oxygen atoms in total. The predicted octanol–water partition coefficient (Wildman–Crippen LogP) is 3.73. The Morgan fingerprint density at radius 1 is 1.39 bits per heavy atom. The number of fused-ring (bicyclic) bond motifs is 1. The van der Waals surface area contributed by atoms with Gasteiger partial charge in [0, 0.05) is 5.39 Å². The molecule has 0 aliphatic heterocycles. The lowest BCUT2D eigenvalue weighted by Crippen LogP contribution is -2.27. The van der Waals surface area contributed by atoms with Crippen molar-refractivity contribution >= 4 is 39.6 Å². The van der Waals surface area contributed by atoms with Gasteiger partial charge in [-0.15, -0.1) is 0 Å². The van der Waals surface area contributed by atoms with Crippen molar-refractivity contribution in [2.24, 2.45) is 0 Å². The van der Waals surface area contributed by atoms with Gasteiger partial charge in [-0.3, -0.25) is 0 Å². The van der Waals surface area contributed by atoms with Crippen molar-refractivity contribution in [3.05, 3.63) is 27.5 Å². The van der Waals surface area contributed by atoms with Gasteiger partial charge < -0.3 is 4.74 Å². The number of nitrogens with zero attached hydrogens (tertiary/aromatic N) is 2. The van der Waals surface area contributed by atoms with Crippen LogP contribution in [-0.4, -0.2) is 21.5 Å². The molecule has 0 spiro atoms. The number of aromatic nitrogens is 2. The zero-order valence-electron chi connectivity index (χ0n) is 10.8. The first kappa shape index (κ1) is 13.3. The molecule has 2 rings (SSSR count). The Bertz CT molecular complexity index is 611. The highest BCUT2D eigenvalue weighted by Crippen LogP contribution is 2.24. The van der Waals surface area contributed by atoms with Crippen LogP contribution in [0.4, 0.5) is 4.79 Å². The van der Waals surface area contributed by atoms with Gasteiger partial charge in [0.2, 0.25) is 0 Å². The summed E-state index contributed by atoms with van der Waals surface area (Å²) in [6.07, 6.45) is -0.444. The minimum absolute atomic E-state index is 0.444. The lowest BCUT2D eigenvalue weighted by atomic mass is 10.1. The lowest BCUT2D eigenvalue weighted by molar-refractivity contribution is 0.0522. The number of aryl methyl sites for hydroxylation is 1. The van der Waals surface area contributed by atoms with Gasteiger partial charge in [-0.2, -0.15) is 9.78 Å². The van der Waals surface area contributed by atoms with Crippen LogP contribution in [0.25, 0.3) is 10.9 Å². The van der Waals surface area contributed by atoms with Crippen LogP contribution in [0.15, 0.2) is 18.2 Å². The first-order valence-corrected chi connectivity index (χ1v) is 6.74. The van der Waals surface area contributed by atoms with Crippen LogP contribution in [0.1, 0.15) is 26.3 Å². The molecule has 0 fully saturated rings. The Kier molecular flexibility index (Phi) is 3.35. The normalized spacial score (nSPS) is 11.8. The van der Waals surface area contributed by atoms with Crippen molar-refractivity contribution in [3.63, 3.8) is 0 Å². The second-order valence-corrected chi connectivity index (χ2v) is 6.17. The van der Waals surface area contributed by atoms with Gasteiger partial charge in [0.1, 0.15) is 9.30 Å². The van der Waals surface area contributed by atoms with Crippen molar-refractivity contribution < 1.29 is 9.53 Å². The summed E-state index contributed by atoms with van der Waals surface area (Å²) in [7, 11) is 0. The largest absolute Gasteiger partial charge is 0.442 e. The maximum atomic E-state index is 12.1.